The van der Waals surface area contributed by atoms with Crippen LogP contribution in [0.25, 0.3) is 22.6 Å². The van der Waals surface area contributed by atoms with Crippen LogP contribution in [-0.2, 0) is 9.16 Å². The van der Waals surface area contributed by atoms with Crippen molar-refractivity contribution in [2.24, 2.45) is 5.41 Å². The number of benzene rings is 1. The number of likely N-dealkylation sites (N-methyl/N-ethyl adjacent to an activating group) is 1. The molecule has 15 heteroatoms. The minimum Gasteiger partial charge on any atom is -0.491 e. The van der Waals surface area contributed by atoms with Gasteiger partial charge >= 0.3 is 12.2 Å². The number of rotatable bonds is 10. The summed E-state index contributed by atoms with van der Waals surface area (Å²) in [5.74, 6) is 2.34. The fourth-order valence-corrected chi connectivity index (χ4v) is 8.19. The molecule has 53 heavy (non-hydrogen) atoms. The molecule has 0 saturated carbocycles. The monoisotopic (exact) mass is 770 g/mol. The summed E-state index contributed by atoms with van der Waals surface area (Å²) in [6.07, 6.45) is -0.946. The number of carbonyl (C=O) groups excluding carboxylic acids is 1. The van der Waals surface area contributed by atoms with Crippen LogP contribution in [0.3, 0.4) is 0 Å². The average molecular weight is 771 g/mol. The lowest BCUT2D eigenvalue weighted by Gasteiger charge is -2.49. The number of ether oxygens (including phenoxy) is 2. The summed E-state index contributed by atoms with van der Waals surface area (Å²) in [7, 11) is -0.558. The molecule has 1 spiro atoms. The van der Waals surface area contributed by atoms with Crippen LogP contribution in [0.1, 0.15) is 65.0 Å². The molecule has 1 unspecified atom stereocenters. The maximum absolute atomic E-state index is 12.9. The summed E-state index contributed by atoms with van der Waals surface area (Å²) in [6, 6.07) is 5.39. The van der Waals surface area contributed by atoms with Crippen LogP contribution in [-0.4, -0.2) is 109 Å². The van der Waals surface area contributed by atoms with Crippen LogP contribution in [0.15, 0.2) is 22.7 Å². The van der Waals surface area contributed by atoms with Gasteiger partial charge in [0.05, 0.1) is 34.6 Å². The number of carboxylic acid groups (broad SMARTS) is 1. The third-order valence-corrected chi connectivity index (χ3v) is 15.4. The molecule has 2 aliphatic heterocycles. The Kier molecular flexibility index (Phi) is 11.2. The molecule has 0 bridgehead atoms. The maximum Gasteiger partial charge on any atom is 0.410 e. The van der Waals surface area contributed by atoms with Crippen LogP contribution in [0.2, 0.25) is 23.2 Å². The third-order valence-electron chi connectivity index (χ3n) is 10.5. The van der Waals surface area contributed by atoms with Gasteiger partial charge in [0.15, 0.2) is 14.1 Å². The third kappa shape index (κ3) is 8.92. The molecule has 2 amide bonds. The van der Waals surface area contributed by atoms with E-state index in [1.165, 1.54) is 9.80 Å². The van der Waals surface area contributed by atoms with Gasteiger partial charge in [-0.25, -0.2) is 19.6 Å². The summed E-state index contributed by atoms with van der Waals surface area (Å²) < 4.78 is 24.4. The van der Waals surface area contributed by atoms with Crippen molar-refractivity contribution in [3.05, 3.63) is 40.2 Å². The molecule has 1 N–H and O–H groups in total. The van der Waals surface area contributed by atoms with Crippen molar-refractivity contribution in [1.29, 1.82) is 0 Å². The Labute approximate surface area is 319 Å². The van der Waals surface area contributed by atoms with Gasteiger partial charge in [-0.1, -0.05) is 37.5 Å². The molecule has 0 radical (unpaired) electrons. The van der Waals surface area contributed by atoms with Crippen LogP contribution in [0.4, 0.5) is 15.4 Å². The van der Waals surface area contributed by atoms with E-state index < -0.39 is 32.2 Å². The number of nitrogens with zero attached hydrogens (tertiary/aromatic N) is 6. The number of anilines is 1. The summed E-state index contributed by atoms with van der Waals surface area (Å²) in [5, 5.41) is 14.1. The molecule has 4 heterocycles. The van der Waals surface area contributed by atoms with Crippen LogP contribution >= 0.6 is 11.6 Å². The second-order valence-electron chi connectivity index (χ2n) is 17.2. The molecule has 2 saturated heterocycles. The highest BCUT2D eigenvalue weighted by molar-refractivity contribution is 6.74. The SMILES string of the molecule is Cc1noc(C)c1-c1nc(-c2cc(OCC(CN(C)C(=O)OC(C)(C)C)O[Si](C)(C)C(C)(C)C)ccc2Cl)nc(N2CC3(CCN(C(=O)O)C3)C2)c1C. The predicted molar refractivity (Wildman–Crippen MR) is 207 cm³/mol. The normalized spacial score (nSPS) is 16.5. The quantitative estimate of drug-likeness (QED) is 0.199. The molecular weight excluding hydrogens is 716 g/mol. The van der Waals surface area contributed by atoms with E-state index in [0.29, 0.717) is 65.5 Å². The summed E-state index contributed by atoms with van der Waals surface area (Å²) in [6.45, 7) is 25.0. The Morgan fingerprint density at radius 3 is 2.34 bits per heavy atom. The lowest BCUT2D eigenvalue weighted by molar-refractivity contribution is 0.0172. The minimum atomic E-state index is -2.26. The Bertz CT molecular complexity index is 1830. The first kappa shape index (κ1) is 40.3. The highest BCUT2D eigenvalue weighted by Crippen LogP contribution is 2.45. The lowest BCUT2D eigenvalue weighted by atomic mass is 9.79. The number of carbonyl (C=O) groups is 2. The van der Waals surface area contributed by atoms with E-state index in [1.807, 2.05) is 47.6 Å². The molecule has 2 aliphatic rings. The van der Waals surface area contributed by atoms with Gasteiger partial charge in [-0.3, -0.25) is 0 Å². The van der Waals surface area contributed by atoms with Crippen LogP contribution < -0.4 is 9.64 Å². The van der Waals surface area contributed by atoms with E-state index in [9.17, 15) is 14.7 Å². The van der Waals surface area contributed by atoms with E-state index >= 15 is 0 Å². The molecule has 3 aromatic rings. The van der Waals surface area contributed by atoms with E-state index in [-0.39, 0.29) is 23.6 Å². The molecule has 290 valence electrons. The number of halogens is 1. The minimum absolute atomic E-state index is 0.0634. The first-order valence-corrected chi connectivity index (χ1v) is 21.4. The molecule has 1 aromatic carbocycles. The lowest BCUT2D eigenvalue weighted by Crippen LogP contribution is -2.58. The number of aryl methyl sites for hydroxylation is 2. The summed E-state index contributed by atoms with van der Waals surface area (Å²) in [4.78, 5) is 39.9. The van der Waals surface area contributed by atoms with Gasteiger partial charge < -0.3 is 38.2 Å². The van der Waals surface area contributed by atoms with E-state index in [2.05, 4.69) is 43.9 Å². The molecule has 1 atom stereocenters. The van der Waals surface area contributed by atoms with Crippen molar-refractivity contribution in [3.63, 3.8) is 0 Å². The standard InChI is InChI=1S/C38H55ClN6O7Si/c1-23-31(30-24(2)42-51-25(30)3)40-32(41-33(23)45-21-38(22-45)15-16-44(20-38)34(46)47)28-17-26(13-14-29(28)39)49-19-27(52-53(11,12)37(7,8)9)18-43(10)35(48)50-36(4,5)6/h13-14,17,27H,15-16,18-22H2,1-12H3,(H,46,47). The number of aromatic nitrogens is 3. The Balaban J connectivity index is 1.46. The van der Waals surface area contributed by atoms with Gasteiger partial charge in [-0.15, -0.1) is 0 Å². The number of hydrogen-bond donors (Lipinski definition) is 1. The molecule has 2 aromatic heterocycles. The maximum atomic E-state index is 12.9. The Hall–Kier alpha value is -3.88. The van der Waals surface area contributed by atoms with Crippen LogP contribution in [0.5, 0.6) is 5.75 Å². The van der Waals surface area contributed by atoms with E-state index in [0.717, 1.165) is 23.4 Å². The van der Waals surface area contributed by atoms with Gasteiger partial charge in [0.25, 0.3) is 0 Å². The molecule has 13 nitrogen and oxygen atoms in total. The van der Waals surface area contributed by atoms with Crippen molar-refractivity contribution in [2.75, 3.05) is 51.3 Å². The zero-order valence-corrected chi connectivity index (χ0v) is 35.0. The molecular formula is C38H55ClN6O7Si. The van der Waals surface area contributed by atoms with Crippen molar-refractivity contribution >= 4 is 37.9 Å². The van der Waals surface area contributed by atoms with Gasteiger partial charge in [0.1, 0.15) is 29.5 Å². The second kappa shape index (κ2) is 14.7. The van der Waals surface area contributed by atoms with Gasteiger partial charge in [-0.2, -0.15) is 0 Å². The zero-order valence-electron chi connectivity index (χ0n) is 33.2. The largest absolute Gasteiger partial charge is 0.491 e. The smallest absolute Gasteiger partial charge is 0.410 e. The molecule has 2 fully saturated rings. The van der Waals surface area contributed by atoms with Gasteiger partial charge in [0.2, 0.25) is 0 Å². The van der Waals surface area contributed by atoms with Crippen molar-refractivity contribution in [3.8, 4) is 28.4 Å². The summed E-state index contributed by atoms with van der Waals surface area (Å²) in [5.41, 5.74) is 2.91. The fourth-order valence-electron chi connectivity index (χ4n) is 6.66. The van der Waals surface area contributed by atoms with E-state index in [4.69, 9.17) is 40.0 Å². The van der Waals surface area contributed by atoms with E-state index in [1.54, 1.807) is 19.2 Å². The Morgan fingerprint density at radius 1 is 1.09 bits per heavy atom. The van der Waals surface area contributed by atoms with Crippen molar-refractivity contribution in [2.45, 2.75) is 98.6 Å². The number of amides is 2. The Morgan fingerprint density at radius 2 is 1.77 bits per heavy atom. The average Bonchev–Trinajstić information content (AvgIpc) is 3.62. The molecule has 0 aliphatic carbocycles. The molecule has 5 rings (SSSR count). The predicted octanol–water partition coefficient (Wildman–Crippen LogP) is 8.20. The zero-order chi connectivity index (χ0) is 39.3. The van der Waals surface area contributed by atoms with Crippen LogP contribution in [0, 0.1) is 26.2 Å². The first-order chi connectivity index (χ1) is 24.5. The number of likely N-dealkylation sites (tertiary alicyclic amines) is 1. The first-order valence-electron chi connectivity index (χ1n) is 18.1. The van der Waals surface area contributed by atoms with Crippen molar-refractivity contribution < 1.29 is 33.1 Å². The van der Waals surface area contributed by atoms with Gasteiger partial charge in [0, 0.05) is 49.8 Å². The highest BCUT2D eigenvalue weighted by atomic mass is 35.5. The summed E-state index contributed by atoms with van der Waals surface area (Å²) >= 11 is 6.87. The number of hydrogen-bond acceptors (Lipinski definition) is 10. The topological polar surface area (TPSA) is 144 Å². The highest BCUT2D eigenvalue weighted by Gasteiger charge is 2.50. The fraction of sp³-hybridized carbons (Fsp3) is 0.605. The van der Waals surface area contributed by atoms with Gasteiger partial charge in [-0.05, 0) is 84.3 Å². The van der Waals surface area contributed by atoms with Crippen molar-refractivity contribution in [1.82, 2.24) is 24.9 Å². The second-order valence-corrected chi connectivity index (χ2v) is 22.3.